The van der Waals surface area contributed by atoms with E-state index in [0.29, 0.717) is 0 Å². The molecule has 2 aromatic rings. The Morgan fingerprint density at radius 2 is 1.28 bits per heavy atom. The Morgan fingerprint density at radius 3 is 1.89 bits per heavy atom. The standard InChI is InChI=1S/C17H21N/c1-2-6-15-9-11-17(12-10-15)14-18-13-16-7-4-3-5-8-16/h3-5,7-12,18H,2,6,13-14H2,1H3. The van der Waals surface area contributed by atoms with E-state index in [4.69, 9.17) is 0 Å². The molecule has 0 unspecified atom stereocenters. The minimum Gasteiger partial charge on any atom is -0.309 e. The van der Waals surface area contributed by atoms with Crippen LogP contribution in [0.25, 0.3) is 0 Å². The Labute approximate surface area is 110 Å². The zero-order valence-corrected chi connectivity index (χ0v) is 11.0. The molecule has 0 spiro atoms. The summed E-state index contributed by atoms with van der Waals surface area (Å²) in [5.41, 5.74) is 4.12. The molecule has 0 heterocycles. The maximum atomic E-state index is 3.47. The number of hydrogen-bond acceptors (Lipinski definition) is 1. The molecule has 2 rings (SSSR count). The summed E-state index contributed by atoms with van der Waals surface area (Å²) in [7, 11) is 0. The summed E-state index contributed by atoms with van der Waals surface area (Å²) in [6.07, 6.45) is 2.39. The molecule has 1 heteroatoms. The number of benzene rings is 2. The second-order valence-corrected chi connectivity index (χ2v) is 4.66. The molecule has 18 heavy (non-hydrogen) atoms. The second kappa shape index (κ2) is 6.97. The lowest BCUT2D eigenvalue weighted by atomic mass is 10.1. The first-order valence-electron chi connectivity index (χ1n) is 6.71. The maximum absolute atomic E-state index is 3.47. The smallest absolute Gasteiger partial charge is 0.0208 e. The predicted octanol–water partition coefficient (Wildman–Crippen LogP) is 3.93. The average molecular weight is 239 g/mol. The normalized spacial score (nSPS) is 10.5. The summed E-state index contributed by atoms with van der Waals surface area (Å²) in [6, 6.07) is 19.4. The fraction of sp³-hybridized carbons (Fsp3) is 0.294. The van der Waals surface area contributed by atoms with Gasteiger partial charge in [0.25, 0.3) is 0 Å². The van der Waals surface area contributed by atoms with Crippen LogP contribution in [0.3, 0.4) is 0 Å². The number of hydrogen-bond donors (Lipinski definition) is 1. The Hall–Kier alpha value is -1.60. The van der Waals surface area contributed by atoms with Crippen molar-refractivity contribution in [3.8, 4) is 0 Å². The van der Waals surface area contributed by atoms with Crippen LogP contribution in [0.4, 0.5) is 0 Å². The van der Waals surface area contributed by atoms with E-state index >= 15 is 0 Å². The SMILES string of the molecule is CCCc1ccc(CNCc2ccccc2)cc1. The van der Waals surface area contributed by atoms with Crippen LogP contribution in [-0.4, -0.2) is 0 Å². The van der Waals surface area contributed by atoms with Gasteiger partial charge in [0.05, 0.1) is 0 Å². The van der Waals surface area contributed by atoms with Crippen molar-refractivity contribution in [2.45, 2.75) is 32.9 Å². The first kappa shape index (κ1) is 12.8. The number of aryl methyl sites for hydroxylation is 1. The van der Waals surface area contributed by atoms with Gasteiger partial charge in [0.2, 0.25) is 0 Å². The molecule has 0 aliphatic heterocycles. The monoisotopic (exact) mass is 239 g/mol. The molecule has 0 radical (unpaired) electrons. The third-order valence-electron chi connectivity index (χ3n) is 3.06. The molecule has 94 valence electrons. The molecule has 0 saturated heterocycles. The van der Waals surface area contributed by atoms with Crippen molar-refractivity contribution in [3.63, 3.8) is 0 Å². The van der Waals surface area contributed by atoms with Gasteiger partial charge in [0.15, 0.2) is 0 Å². The van der Waals surface area contributed by atoms with Crippen LogP contribution in [0.2, 0.25) is 0 Å². The summed E-state index contributed by atoms with van der Waals surface area (Å²) in [6.45, 7) is 4.08. The van der Waals surface area contributed by atoms with E-state index in [9.17, 15) is 0 Å². The molecule has 0 aliphatic rings. The van der Waals surface area contributed by atoms with Gasteiger partial charge in [0, 0.05) is 13.1 Å². The van der Waals surface area contributed by atoms with E-state index in [1.54, 1.807) is 0 Å². The Morgan fingerprint density at radius 1 is 0.722 bits per heavy atom. The van der Waals surface area contributed by atoms with Crippen molar-refractivity contribution in [2.24, 2.45) is 0 Å². The van der Waals surface area contributed by atoms with E-state index in [2.05, 4.69) is 66.8 Å². The van der Waals surface area contributed by atoms with Gasteiger partial charge in [-0.05, 0) is 23.1 Å². The lowest BCUT2D eigenvalue weighted by molar-refractivity contribution is 0.693. The Balaban J connectivity index is 1.80. The highest BCUT2D eigenvalue weighted by molar-refractivity contribution is 5.22. The number of nitrogens with one attached hydrogen (secondary N) is 1. The molecular formula is C17H21N. The van der Waals surface area contributed by atoms with Crippen molar-refractivity contribution in [1.29, 1.82) is 0 Å². The van der Waals surface area contributed by atoms with Crippen molar-refractivity contribution < 1.29 is 0 Å². The van der Waals surface area contributed by atoms with Crippen LogP contribution in [-0.2, 0) is 19.5 Å². The van der Waals surface area contributed by atoms with Crippen LogP contribution < -0.4 is 5.32 Å². The van der Waals surface area contributed by atoms with Crippen LogP contribution >= 0.6 is 0 Å². The molecule has 0 fully saturated rings. The minimum absolute atomic E-state index is 0.928. The molecule has 0 bridgehead atoms. The number of rotatable bonds is 6. The molecule has 0 aliphatic carbocycles. The zero-order chi connectivity index (χ0) is 12.6. The fourth-order valence-corrected chi connectivity index (χ4v) is 2.06. The van der Waals surface area contributed by atoms with E-state index in [0.717, 1.165) is 13.1 Å². The fourth-order valence-electron chi connectivity index (χ4n) is 2.06. The van der Waals surface area contributed by atoms with E-state index in [-0.39, 0.29) is 0 Å². The molecule has 2 aromatic carbocycles. The van der Waals surface area contributed by atoms with Gasteiger partial charge < -0.3 is 5.32 Å². The lowest BCUT2D eigenvalue weighted by Crippen LogP contribution is -2.12. The van der Waals surface area contributed by atoms with E-state index < -0.39 is 0 Å². The van der Waals surface area contributed by atoms with Crippen LogP contribution in [0.1, 0.15) is 30.0 Å². The van der Waals surface area contributed by atoms with Gasteiger partial charge in [0.1, 0.15) is 0 Å². The van der Waals surface area contributed by atoms with Crippen molar-refractivity contribution in [3.05, 3.63) is 71.3 Å². The maximum Gasteiger partial charge on any atom is 0.0208 e. The molecular weight excluding hydrogens is 218 g/mol. The molecule has 0 amide bonds. The predicted molar refractivity (Wildman–Crippen MR) is 77.4 cm³/mol. The lowest BCUT2D eigenvalue weighted by Gasteiger charge is -2.06. The van der Waals surface area contributed by atoms with Crippen LogP contribution in [0, 0.1) is 0 Å². The first-order chi connectivity index (χ1) is 8.88. The highest BCUT2D eigenvalue weighted by atomic mass is 14.8. The molecule has 1 N–H and O–H groups in total. The zero-order valence-electron chi connectivity index (χ0n) is 11.0. The largest absolute Gasteiger partial charge is 0.309 e. The van der Waals surface area contributed by atoms with E-state index in [1.165, 1.54) is 29.5 Å². The summed E-state index contributed by atoms with van der Waals surface area (Å²) in [4.78, 5) is 0. The van der Waals surface area contributed by atoms with Gasteiger partial charge >= 0.3 is 0 Å². The van der Waals surface area contributed by atoms with Crippen molar-refractivity contribution in [2.75, 3.05) is 0 Å². The highest BCUT2D eigenvalue weighted by Gasteiger charge is 1.95. The second-order valence-electron chi connectivity index (χ2n) is 4.66. The Bertz CT molecular complexity index is 445. The van der Waals surface area contributed by atoms with Crippen molar-refractivity contribution in [1.82, 2.24) is 5.32 Å². The van der Waals surface area contributed by atoms with Crippen molar-refractivity contribution >= 4 is 0 Å². The third kappa shape index (κ3) is 4.01. The quantitative estimate of drug-likeness (QED) is 0.805. The molecule has 1 nitrogen and oxygen atoms in total. The third-order valence-corrected chi connectivity index (χ3v) is 3.06. The minimum atomic E-state index is 0.928. The first-order valence-corrected chi connectivity index (χ1v) is 6.71. The average Bonchev–Trinajstić information content (AvgIpc) is 2.42. The van der Waals surface area contributed by atoms with E-state index in [1.807, 2.05) is 0 Å². The Kier molecular flexibility index (Phi) is 4.98. The van der Waals surface area contributed by atoms with Gasteiger partial charge in [-0.1, -0.05) is 67.9 Å². The molecule has 0 atom stereocenters. The van der Waals surface area contributed by atoms with Gasteiger partial charge in [-0.3, -0.25) is 0 Å². The highest BCUT2D eigenvalue weighted by Crippen LogP contribution is 2.07. The summed E-state index contributed by atoms with van der Waals surface area (Å²) in [5.74, 6) is 0. The summed E-state index contributed by atoms with van der Waals surface area (Å²) < 4.78 is 0. The molecule has 0 aromatic heterocycles. The van der Waals surface area contributed by atoms with Crippen LogP contribution in [0.15, 0.2) is 54.6 Å². The van der Waals surface area contributed by atoms with Gasteiger partial charge in [-0.2, -0.15) is 0 Å². The topological polar surface area (TPSA) is 12.0 Å². The van der Waals surface area contributed by atoms with Crippen LogP contribution in [0.5, 0.6) is 0 Å². The van der Waals surface area contributed by atoms with Gasteiger partial charge in [-0.15, -0.1) is 0 Å². The summed E-state index contributed by atoms with van der Waals surface area (Å²) in [5, 5.41) is 3.47. The van der Waals surface area contributed by atoms with Gasteiger partial charge in [-0.25, -0.2) is 0 Å². The summed E-state index contributed by atoms with van der Waals surface area (Å²) >= 11 is 0. The molecule has 0 saturated carbocycles.